The van der Waals surface area contributed by atoms with Gasteiger partial charge in [-0.25, -0.2) is 12.8 Å². The zero-order valence-corrected chi connectivity index (χ0v) is 13.3. The van der Waals surface area contributed by atoms with E-state index in [0.717, 1.165) is 0 Å². The van der Waals surface area contributed by atoms with Crippen LogP contribution in [0.25, 0.3) is 11.5 Å². The molecule has 0 aliphatic carbocycles. The largest absolute Gasteiger partial charge is 0.408 e. The van der Waals surface area contributed by atoms with Crippen LogP contribution in [-0.4, -0.2) is 61.5 Å². The van der Waals surface area contributed by atoms with Crippen LogP contribution in [0.2, 0.25) is 0 Å². The third-order valence-corrected chi connectivity index (χ3v) is 4.78. The van der Waals surface area contributed by atoms with Gasteiger partial charge in [-0.1, -0.05) is 17.2 Å². The van der Waals surface area contributed by atoms with Crippen LogP contribution in [0.3, 0.4) is 0 Å². The first-order chi connectivity index (χ1) is 11.5. The van der Waals surface area contributed by atoms with E-state index in [1.807, 2.05) is 0 Å². The van der Waals surface area contributed by atoms with Crippen molar-refractivity contribution in [2.75, 3.05) is 32.1 Å². The number of carbonyl (C=O) groups is 1. The molecule has 0 radical (unpaired) electrons. The molecule has 2 heterocycles. The summed E-state index contributed by atoms with van der Waals surface area (Å²) < 4.78 is 48.3. The molecular formula is C14H14FN3O5S. The summed E-state index contributed by atoms with van der Waals surface area (Å²) in [4.78, 5) is 13.5. The number of halogens is 1. The molecule has 1 aromatic heterocycles. The first kappa shape index (κ1) is 16.5. The van der Waals surface area contributed by atoms with Crippen LogP contribution in [0, 0.1) is 5.82 Å². The van der Waals surface area contributed by atoms with Gasteiger partial charge in [0.15, 0.2) is 0 Å². The Balaban J connectivity index is 1.78. The maximum absolute atomic E-state index is 13.7. The van der Waals surface area contributed by atoms with E-state index in [0.29, 0.717) is 26.3 Å². The Morgan fingerprint density at radius 1 is 1.21 bits per heavy atom. The number of morpholine rings is 1. The number of carbonyl (C=O) groups excluding carboxylic acids is 1. The van der Waals surface area contributed by atoms with Gasteiger partial charge < -0.3 is 14.1 Å². The molecule has 0 spiro atoms. The summed E-state index contributed by atoms with van der Waals surface area (Å²) >= 11 is 0. The summed E-state index contributed by atoms with van der Waals surface area (Å²) in [5, 5.41) is 6.28. The van der Waals surface area contributed by atoms with Crippen molar-refractivity contribution in [2.24, 2.45) is 0 Å². The number of sulfone groups is 1. The molecule has 1 saturated heterocycles. The van der Waals surface area contributed by atoms with Crippen LogP contribution in [0.4, 0.5) is 4.39 Å². The first-order valence-corrected chi connectivity index (χ1v) is 8.79. The highest BCUT2D eigenvalue weighted by molar-refractivity contribution is 7.91. The second-order valence-electron chi connectivity index (χ2n) is 5.11. The molecule has 0 unspecified atom stereocenters. The van der Waals surface area contributed by atoms with Gasteiger partial charge in [0.2, 0.25) is 15.7 Å². The summed E-state index contributed by atoms with van der Waals surface area (Å²) in [6, 6.07) is 5.61. The molecular weight excluding hydrogens is 341 g/mol. The molecule has 8 nitrogen and oxygen atoms in total. The number of hydrogen-bond donors (Lipinski definition) is 0. The monoisotopic (exact) mass is 355 g/mol. The summed E-state index contributed by atoms with van der Waals surface area (Å²) in [5.41, 5.74) is -0.00837. The summed E-state index contributed by atoms with van der Waals surface area (Å²) in [5.74, 6) is -2.23. The Bertz CT molecular complexity index is 846. The highest BCUT2D eigenvalue weighted by atomic mass is 32.2. The highest BCUT2D eigenvalue weighted by Crippen LogP contribution is 2.23. The Labute approximate surface area is 137 Å². The van der Waals surface area contributed by atoms with Crippen molar-refractivity contribution in [1.82, 2.24) is 15.1 Å². The number of aromatic nitrogens is 2. The van der Waals surface area contributed by atoms with Crippen LogP contribution in [0.15, 0.2) is 33.9 Å². The van der Waals surface area contributed by atoms with E-state index in [1.54, 1.807) is 6.07 Å². The van der Waals surface area contributed by atoms with E-state index < -0.39 is 32.5 Å². The summed E-state index contributed by atoms with van der Waals surface area (Å²) in [6.07, 6.45) is 0. The number of hydrogen-bond acceptors (Lipinski definition) is 7. The van der Waals surface area contributed by atoms with Gasteiger partial charge in [0.25, 0.3) is 5.89 Å². The van der Waals surface area contributed by atoms with Crippen molar-refractivity contribution in [1.29, 1.82) is 0 Å². The minimum Gasteiger partial charge on any atom is -0.408 e. The van der Waals surface area contributed by atoms with E-state index >= 15 is 0 Å². The van der Waals surface area contributed by atoms with E-state index in [1.165, 1.54) is 23.1 Å². The lowest BCUT2D eigenvalue weighted by Gasteiger charge is -2.26. The predicted octanol–water partition coefficient (Wildman–Crippen LogP) is 0.508. The molecule has 10 heteroatoms. The Morgan fingerprint density at radius 3 is 2.62 bits per heavy atom. The van der Waals surface area contributed by atoms with Crippen molar-refractivity contribution in [3.63, 3.8) is 0 Å². The molecule has 0 N–H and O–H groups in total. The number of benzene rings is 1. The Kier molecular flexibility index (Phi) is 4.58. The van der Waals surface area contributed by atoms with Crippen molar-refractivity contribution in [3.05, 3.63) is 30.1 Å². The van der Waals surface area contributed by atoms with Crippen molar-refractivity contribution in [2.45, 2.75) is 5.22 Å². The standard InChI is InChI=1S/C14H14FN3O5S/c15-11-4-2-1-3-10(11)13-16-17-14(23-13)24(20,21)9-12(19)18-5-7-22-8-6-18/h1-4H,5-9H2. The van der Waals surface area contributed by atoms with Gasteiger partial charge >= 0.3 is 5.22 Å². The van der Waals surface area contributed by atoms with Gasteiger partial charge in [0, 0.05) is 13.1 Å². The van der Waals surface area contributed by atoms with Crippen molar-refractivity contribution < 1.29 is 26.8 Å². The molecule has 1 amide bonds. The van der Waals surface area contributed by atoms with Gasteiger partial charge in [-0.2, -0.15) is 0 Å². The average Bonchev–Trinajstić information content (AvgIpc) is 3.06. The fourth-order valence-electron chi connectivity index (χ4n) is 2.21. The fourth-order valence-corrected chi connectivity index (χ4v) is 3.21. The van der Waals surface area contributed by atoms with E-state index in [4.69, 9.17) is 9.15 Å². The first-order valence-electron chi connectivity index (χ1n) is 7.14. The molecule has 24 heavy (non-hydrogen) atoms. The third-order valence-electron chi connectivity index (χ3n) is 3.45. The Morgan fingerprint density at radius 2 is 1.92 bits per heavy atom. The molecule has 0 saturated carbocycles. The molecule has 1 fully saturated rings. The van der Waals surface area contributed by atoms with Crippen molar-refractivity contribution >= 4 is 15.7 Å². The smallest absolute Gasteiger partial charge is 0.336 e. The van der Waals surface area contributed by atoms with E-state index in [2.05, 4.69) is 10.2 Å². The van der Waals surface area contributed by atoms with Crippen LogP contribution in [0.1, 0.15) is 0 Å². The number of ether oxygens (including phenoxy) is 1. The molecule has 0 atom stereocenters. The van der Waals surface area contributed by atoms with Gasteiger partial charge in [-0.3, -0.25) is 4.79 Å². The molecule has 0 bridgehead atoms. The fraction of sp³-hybridized carbons (Fsp3) is 0.357. The molecule has 1 aromatic carbocycles. The van der Waals surface area contributed by atoms with Crippen LogP contribution < -0.4 is 0 Å². The highest BCUT2D eigenvalue weighted by Gasteiger charge is 2.29. The molecule has 1 aliphatic rings. The number of rotatable bonds is 4. The van der Waals surface area contributed by atoms with E-state index in [9.17, 15) is 17.6 Å². The van der Waals surface area contributed by atoms with Crippen LogP contribution >= 0.6 is 0 Å². The minimum atomic E-state index is -4.10. The lowest BCUT2D eigenvalue weighted by Crippen LogP contribution is -2.43. The number of amides is 1. The zero-order chi connectivity index (χ0) is 17.2. The minimum absolute atomic E-state index is 0.00837. The maximum atomic E-state index is 13.7. The predicted molar refractivity (Wildman–Crippen MR) is 79.1 cm³/mol. The lowest BCUT2D eigenvalue weighted by atomic mass is 10.2. The van der Waals surface area contributed by atoms with Gasteiger partial charge in [0.05, 0.1) is 18.8 Å². The van der Waals surface area contributed by atoms with Gasteiger partial charge in [-0.15, -0.1) is 5.10 Å². The second kappa shape index (κ2) is 6.65. The topological polar surface area (TPSA) is 103 Å². The molecule has 1 aliphatic heterocycles. The maximum Gasteiger partial charge on any atom is 0.336 e. The van der Waals surface area contributed by atoms with E-state index in [-0.39, 0.29) is 11.5 Å². The lowest BCUT2D eigenvalue weighted by molar-refractivity contribution is -0.132. The van der Waals surface area contributed by atoms with Gasteiger partial charge in [-0.05, 0) is 12.1 Å². The van der Waals surface area contributed by atoms with Gasteiger partial charge in [0.1, 0.15) is 11.6 Å². The average molecular weight is 355 g/mol. The molecule has 128 valence electrons. The molecule has 3 rings (SSSR count). The summed E-state index contributed by atoms with van der Waals surface area (Å²) in [6.45, 7) is 1.39. The SMILES string of the molecule is O=C(CS(=O)(=O)c1nnc(-c2ccccc2F)o1)N1CCOCC1. The normalized spacial score (nSPS) is 15.5. The third kappa shape index (κ3) is 3.44. The number of nitrogens with zero attached hydrogens (tertiary/aromatic N) is 3. The quantitative estimate of drug-likeness (QED) is 0.787. The molecule has 2 aromatic rings. The van der Waals surface area contributed by atoms with Crippen molar-refractivity contribution in [3.8, 4) is 11.5 Å². The zero-order valence-electron chi connectivity index (χ0n) is 12.5. The van der Waals surface area contributed by atoms with Crippen LogP contribution in [0.5, 0.6) is 0 Å². The second-order valence-corrected chi connectivity index (χ2v) is 6.97. The van der Waals surface area contributed by atoms with Crippen LogP contribution in [-0.2, 0) is 19.4 Å². The Hall–Kier alpha value is -2.33. The summed E-state index contributed by atoms with van der Waals surface area (Å²) in [7, 11) is -4.10.